The molecule has 1 aliphatic rings. The van der Waals surface area contributed by atoms with Crippen LogP contribution in [-0.4, -0.2) is 22.2 Å². The molecule has 0 saturated heterocycles. The van der Waals surface area contributed by atoms with E-state index in [0.29, 0.717) is 10.6 Å². The molecule has 0 saturated carbocycles. The molecular weight excluding hydrogens is 320 g/mol. The van der Waals surface area contributed by atoms with Crippen molar-refractivity contribution in [2.75, 3.05) is 5.75 Å². The third kappa shape index (κ3) is 3.55. The largest absolute Gasteiger partial charge is 0.337 e. The molecule has 1 aliphatic carbocycles. The van der Waals surface area contributed by atoms with Crippen LogP contribution >= 0.6 is 11.8 Å². The molecule has 1 atom stereocenters. The maximum absolute atomic E-state index is 12.2. The van der Waals surface area contributed by atoms with Crippen LogP contribution in [0.5, 0.6) is 0 Å². The average Bonchev–Trinajstić information content (AvgIpc) is 3.01. The maximum Gasteiger partial charge on any atom is 0.231 e. The molecule has 0 spiro atoms. The van der Waals surface area contributed by atoms with E-state index in [2.05, 4.69) is 22.4 Å². The van der Waals surface area contributed by atoms with E-state index in [1.807, 2.05) is 20.8 Å². The molecule has 0 fully saturated rings. The molecular formula is C18H22N4OS. The second-order valence-electron chi connectivity index (χ2n) is 6.61. The van der Waals surface area contributed by atoms with Crippen LogP contribution in [0.4, 0.5) is 0 Å². The summed E-state index contributed by atoms with van der Waals surface area (Å²) < 4.78 is 0. The van der Waals surface area contributed by atoms with Gasteiger partial charge < -0.3 is 5.32 Å². The second-order valence-corrected chi connectivity index (χ2v) is 7.58. The summed E-state index contributed by atoms with van der Waals surface area (Å²) >= 11 is 1.27. The first-order valence-electron chi connectivity index (χ1n) is 8.10. The third-order valence-electron chi connectivity index (χ3n) is 4.70. The van der Waals surface area contributed by atoms with Gasteiger partial charge >= 0.3 is 0 Å². The molecule has 126 valence electrons. The topological polar surface area (TPSA) is 89.6 Å². The number of hydrogen-bond acceptors (Lipinski definition) is 5. The lowest BCUT2D eigenvalue weighted by Gasteiger charge is -2.27. The van der Waals surface area contributed by atoms with Gasteiger partial charge in [0, 0.05) is 5.69 Å². The van der Waals surface area contributed by atoms with Gasteiger partial charge in [-0.25, -0.2) is 4.98 Å². The van der Waals surface area contributed by atoms with Crippen LogP contribution in [0.2, 0.25) is 0 Å². The van der Waals surface area contributed by atoms with Gasteiger partial charge in [0.05, 0.1) is 17.4 Å². The minimum absolute atomic E-state index is 0.00600. The number of thioether (sulfide) groups is 1. The number of rotatable bonds is 5. The molecule has 0 aromatic carbocycles. The Kier molecular flexibility index (Phi) is 5.51. The van der Waals surface area contributed by atoms with Crippen molar-refractivity contribution in [3.05, 3.63) is 22.4 Å². The highest BCUT2D eigenvalue weighted by atomic mass is 32.2. The van der Waals surface area contributed by atoms with Crippen LogP contribution in [-0.2, 0) is 17.6 Å². The number of nitrogens with one attached hydrogen (secondary N) is 1. The molecule has 0 unspecified atom stereocenters. The SMILES string of the molecule is Cc1c(C#N)c(SCC(=O)N[C@@](C)(C#N)C(C)C)nc2c1CCC2. The Labute approximate surface area is 147 Å². The van der Waals surface area contributed by atoms with Crippen LogP contribution in [0.15, 0.2) is 5.03 Å². The molecule has 5 nitrogen and oxygen atoms in total. The Morgan fingerprint density at radius 2 is 2.12 bits per heavy atom. The Balaban J connectivity index is 2.13. The van der Waals surface area contributed by atoms with Crippen LogP contribution in [0.3, 0.4) is 0 Å². The fourth-order valence-corrected chi connectivity index (χ4v) is 3.60. The number of pyridine rings is 1. The molecule has 1 aromatic rings. The lowest BCUT2D eigenvalue weighted by atomic mass is 9.90. The van der Waals surface area contributed by atoms with Crippen molar-refractivity contribution in [3.8, 4) is 12.1 Å². The van der Waals surface area contributed by atoms with Crippen LogP contribution in [0.1, 0.15) is 49.6 Å². The van der Waals surface area contributed by atoms with E-state index in [4.69, 9.17) is 0 Å². The summed E-state index contributed by atoms with van der Waals surface area (Å²) in [6.07, 6.45) is 2.97. The van der Waals surface area contributed by atoms with Gasteiger partial charge in [-0.05, 0) is 50.2 Å². The van der Waals surface area contributed by atoms with Crippen molar-refractivity contribution in [2.45, 2.75) is 57.5 Å². The van der Waals surface area contributed by atoms with Crippen molar-refractivity contribution < 1.29 is 4.79 Å². The first kappa shape index (κ1) is 18.3. The molecule has 24 heavy (non-hydrogen) atoms. The second kappa shape index (κ2) is 7.23. The number of fused-ring (bicyclic) bond motifs is 1. The minimum Gasteiger partial charge on any atom is -0.337 e. The van der Waals surface area contributed by atoms with Gasteiger partial charge in [-0.3, -0.25) is 4.79 Å². The normalized spacial score (nSPS) is 15.3. The van der Waals surface area contributed by atoms with Crippen molar-refractivity contribution >= 4 is 17.7 Å². The number of amides is 1. The summed E-state index contributed by atoms with van der Waals surface area (Å²) in [6, 6.07) is 4.39. The lowest BCUT2D eigenvalue weighted by Crippen LogP contribution is -2.49. The van der Waals surface area contributed by atoms with Gasteiger partial charge in [-0.15, -0.1) is 0 Å². The van der Waals surface area contributed by atoms with Crippen LogP contribution in [0, 0.1) is 35.5 Å². The zero-order valence-electron chi connectivity index (χ0n) is 14.6. The Hall–Kier alpha value is -2.05. The molecule has 0 aliphatic heterocycles. The molecule has 0 radical (unpaired) electrons. The number of nitriles is 2. The first-order valence-corrected chi connectivity index (χ1v) is 9.08. The Morgan fingerprint density at radius 3 is 2.71 bits per heavy atom. The lowest BCUT2D eigenvalue weighted by molar-refractivity contribution is -0.120. The number of aromatic nitrogens is 1. The number of carbonyl (C=O) groups excluding carboxylic acids is 1. The zero-order valence-corrected chi connectivity index (χ0v) is 15.4. The van der Waals surface area contributed by atoms with Gasteiger partial charge in [0.15, 0.2) is 0 Å². The maximum atomic E-state index is 12.2. The fourth-order valence-electron chi connectivity index (χ4n) is 2.74. The molecule has 1 aromatic heterocycles. The van der Waals surface area contributed by atoms with Crippen molar-refractivity contribution in [3.63, 3.8) is 0 Å². The standard InChI is InChI=1S/C18H22N4OS/c1-11(2)18(4,10-20)22-16(23)9-24-17-14(8-19)12(3)13-6-5-7-15(13)21-17/h11H,5-7,9H2,1-4H3,(H,22,23)/t18-/m0/s1. The number of carbonyl (C=O) groups is 1. The van der Waals surface area contributed by atoms with E-state index >= 15 is 0 Å². The van der Waals surface area contributed by atoms with Gasteiger partial charge in [0.25, 0.3) is 0 Å². The first-order chi connectivity index (χ1) is 11.3. The highest BCUT2D eigenvalue weighted by molar-refractivity contribution is 8.00. The third-order valence-corrected chi connectivity index (χ3v) is 5.68. The predicted octanol–water partition coefficient (Wildman–Crippen LogP) is 2.90. The monoisotopic (exact) mass is 342 g/mol. The highest BCUT2D eigenvalue weighted by Crippen LogP contribution is 2.31. The predicted molar refractivity (Wildman–Crippen MR) is 93.4 cm³/mol. The fraction of sp³-hybridized carbons (Fsp3) is 0.556. The summed E-state index contributed by atoms with van der Waals surface area (Å²) in [6.45, 7) is 7.48. The molecule has 1 heterocycles. The van der Waals surface area contributed by atoms with E-state index in [-0.39, 0.29) is 17.6 Å². The van der Waals surface area contributed by atoms with Gasteiger partial charge in [0.2, 0.25) is 5.91 Å². The molecule has 2 rings (SSSR count). The summed E-state index contributed by atoms with van der Waals surface area (Å²) in [5, 5.41) is 22.1. The van der Waals surface area contributed by atoms with Crippen molar-refractivity contribution in [2.24, 2.45) is 5.92 Å². The number of nitrogens with zero attached hydrogens (tertiary/aromatic N) is 3. The van der Waals surface area contributed by atoms with Gasteiger partial charge in [-0.2, -0.15) is 10.5 Å². The minimum atomic E-state index is -0.892. The Morgan fingerprint density at radius 1 is 1.42 bits per heavy atom. The van der Waals surface area contributed by atoms with Gasteiger partial charge in [0.1, 0.15) is 16.6 Å². The molecule has 0 bridgehead atoms. The Bertz CT molecular complexity index is 745. The van der Waals surface area contributed by atoms with Crippen LogP contribution in [0.25, 0.3) is 0 Å². The highest BCUT2D eigenvalue weighted by Gasteiger charge is 2.30. The smallest absolute Gasteiger partial charge is 0.231 e. The van der Waals surface area contributed by atoms with Gasteiger partial charge in [-0.1, -0.05) is 25.6 Å². The zero-order chi connectivity index (χ0) is 17.9. The molecule has 1 amide bonds. The average molecular weight is 342 g/mol. The van der Waals surface area contributed by atoms with E-state index in [1.54, 1.807) is 6.92 Å². The quantitative estimate of drug-likeness (QED) is 0.831. The van der Waals surface area contributed by atoms with Crippen molar-refractivity contribution in [1.82, 2.24) is 10.3 Å². The van der Waals surface area contributed by atoms with Crippen LogP contribution < -0.4 is 5.32 Å². The van der Waals surface area contributed by atoms with Crippen molar-refractivity contribution in [1.29, 1.82) is 10.5 Å². The van der Waals surface area contributed by atoms with E-state index in [0.717, 1.165) is 30.5 Å². The summed E-state index contributed by atoms with van der Waals surface area (Å²) in [5.41, 5.74) is 2.92. The number of hydrogen-bond donors (Lipinski definition) is 1. The summed E-state index contributed by atoms with van der Waals surface area (Å²) in [4.78, 5) is 16.8. The summed E-state index contributed by atoms with van der Waals surface area (Å²) in [5.74, 6) is -0.0720. The summed E-state index contributed by atoms with van der Waals surface area (Å²) in [7, 11) is 0. The number of aryl methyl sites for hydroxylation is 1. The van der Waals surface area contributed by atoms with E-state index < -0.39 is 5.54 Å². The van der Waals surface area contributed by atoms with E-state index in [1.165, 1.54) is 17.3 Å². The molecule has 1 N–H and O–H groups in total. The molecule has 6 heteroatoms. The van der Waals surface area contributed by atoms with E-state index in [9.17, 15) is 15.3 Å².